The zero-order chi connectivity index (χ0) is 19.3. The van der Waals surface area contributed by atoms with Crippen LogP contribution in [0.5, 0.6) is 5.88 Å². The summed E-state index contributed by atoms with van der Waals surface area (Å²) in [5, 5.41) is 22.8. The van der Waals surface area contributed by atoms with Crippen molar-refractivity contribution in [3.8, 4) is 16.5 Å². The molecule has 0 bridgehead atoms. The van der Waals surface area contributed by atoms with Gasteiger partial charge in [0, 0.05) is 22.9 Å². The van der Waals surface area contributed by atoms with Crippen molar-refractivity contribution in [2.75, 3.05) is 0 Å². The second kappa shape index (κ2) is 6.10. The Kier molecular flexibility index (Phi) is 3.85. The highest BCUT2D eigenvalue weighted by Crippen LogP contribution is 2.36. The van der Waals surface area contributed by atoms with Crippen molar-refractivity contribution in [3.63, 3.8) is 0 Å². The summed E-state index contributed by atoms with van der Waals surface area (Å²) >= 11 is 1.15. The van der Waals surface area contributed by atoms with Gasteiger partial charge in [-0.2, -0.15) is 0 Å². The molecule has 1 N–H and O–H groups in total. The summed E-state index contributed by atoms with van der Waals surface area (Å²) in [7, 11) is 0. The highest BCUT2D eigenvalue weighted by Gasteiger charge is 2.27. The number of aromatic nitrogens is 1. The first-order valence-corrected chi connectivity index (χ1v) is 8.86. The molecular weight excluding hydrogens is 366 g/mol. The van der Waals surface area contributed by atoms with Gasteiger partial charge in [-0.15, -0.1) is 11.3 Å². The molecule has 0 spiro atoms. The summed E-state index contributed by atoms with van der Waals surface area (Å²) in [5.74, 6) is -0.825. The van der Waals surface area contributed by atoms with Gasteiger partial charge in [-0.05, 0) is 19.4 Å². The number of rotatable bonds is 3. The molecule has 134 valence electrons. The third kappa shape index (κ3) is 2.80. The molecule has 0 radical (unpaired) electrons. The number of nitro groups is 1. The number of aryl methyl sites for hydroxylation is 2. The van der Waals surface area contributed by atoms with Gasteiger partial charge in [-0.25, -0.2) is 9.98 Å². The molecule has 0 saturated heterocycles. The Bertz CT molecular complexity index is 1240. The molecule has 1 aliphatic rings. The fourth-order valence-corrected chi connectivity index (χ4v) is 4.01. The second-order valence-corrected chi connectivity index (χ2v) is 7.24. The zero-order valence-electron chi connectivity index (χ0n) is 14.4. The minimum atomic E-state index is -0.539. The van der Waals surface area contributed by atoms with Crippen LogP contribution in [0.2, 0.25) is 0 Å². The quantitative estimate of drug-likeness (QED) is 0.556. The van der Waals surface area contributed by atoms with Gasteiger partial charge >= 0.3 is 0 Å². The predicted molar refractivity (Wildman–Crippen MR) is 100 cm³/mol. The summed E-state index contributed by atoms with van der Waals surface area (Å²) < 4.78 is 0. The Balaban J connectivity index is 1.96. The lowest BCUT2D eigenvalue weighted by Gasteiger charge is -1.97. The third-order valence-corrected chi connectivity index (χ3v) is 5.44. The molecule has 3 aromatic rings. The van der Waals surface area contributed by atoms with E-state index in [4.69, 9.17) is 0 Å². The molecule has 0 saturated carbocycles. The number of aromatic hydroxyl groups is 1. The number of fused-ring (bicyclic) bond motifs is 1. The SMILES string of the molecule is Cc1ccc(-c2nc(O)c(C3=c4cc([N+](=O)[O-])cc(C)c4=NC3=O)s2)cc1. The van der Waals surface area contributed by atoms with E-state index < -0.39 is 10.8 Å². The van der Waals surface area contributed by atoms with E-state index in [0.29, 0.717) is 21.1 Å². The first-order chi connectivity index (χ1) is 12.8. The highest BCUT2D eigenvalue weighted by atomic mass is 32.1. The van der Waals surface area contributed by atoms with Crippen LogP contribution >= 0.6 is 11.3 Å². The lowest BCUT2D eigenvalue weighted by molar-refractivity contribution is -0.385. The molecule has 0 atom stereocenters. The van der Waals surface area contributed by atoms with E-state index in [1.807, 2.05) is 31.2 Å². The average molecular weight is 379 g/mol. The van der Waals surface area contributed by atoms with Crippen molar-refractivity contribution in [1.29, 1.82) is 0 Å². The number of hydrogen-bond donors (Lipinski definition) is 1. The van der Waals surface area contributed by atoms with Crippen LogP contribution in [0.25, 0.3) is 16.1 Å². The lowest BCUT2D eigenvalue weighted by atomic mass is 10.1. The molecule has 0 aliphatic carbocycles. The van der Waals surface area contributed by atoms with Gasteiger partial charge in [0.15, 0.2) is 0 Å². The number of hydrogen-bond acceptors (Lipinski definition) is 6. The number of non-ortho nitro benzene ring substituents is 1. The van der Waals surface area contributed by atoms with Crippen molar-refractivity contribution in [2.24, 2.45) is 4.99 Å². The fourth-order valence-electron chi connectivity index (χ4n) is 2.99. The maximum Gasteiger partial charge on any atom is 0.279 e. The van der Waals surface area contributed by atoms with Gasteiger partial charge in [0.1, 0.15) is 9.88 Å². The van der Waals surface area contributed by atoms with Crippen LogP contribution < -0.4 is 10.6 Å². The van der Waals surface area contributed by atoms with Crippen LogP contribution in [-0.2, 0) is 4.79 Å². The Morgan fingerprint density at radius 1 is 1.15 bits per heavy atom. The largest absolute Gasteiger partial charge is 0.492 e. The van der Waals surface area contributed by atoms with E-state index in [1.165, 1.54) is 12.1 Å². The smallest absolute Gasteiger partial charge is 0.279 e. The Morgan fingerprint density at radius 3 is 2.52 bits per heavy atom. The first kappa shape index (κ1) is 17.0. The minimum absolute atomic E-state index is 0.128. The van der Waals surface area contributed by atoms with E-state index in [2.05, 4.69) is 9.98 Å². The van der Waals surface area contributed by atoms with Gasteiger partial charge in [0.25, 0.3) is 11.6 Å². The summed E-state index contributed by atoms with van der Waals surface area (Å²) in [6, 6.07) is 10.3. The van der Waals surface area contributed by atoms with Crippen LogP contribution in [0.15, 0.2) is 41.4 Å². The maximum atomic E-state index is 12.5. The topological polar surface area (TPSA) is 106 Å². The average Bonchev–Trinajstić information content (AvgIpc) is 3.15. The lowest BCUT2D eigenvalue weighted by Crippen LogP contribution is -2.26. The fraction of sp³-hybridized carbons (Fsp3) is 0.105. The Labute approximate surface area is 157 Å². The van der Waals surface area contributed by atoms with E-state index in [1.54, 1.807) is 6.92 Å². The van der Waals surface area contributed by atoms with E-state index in [9.17, 15) is 20.0 Å². The molecule has 4 rings (SSSR count). The molecule has 0 unspecified atom stereocenters. The van der Waals surface area contributed by atoms with Gasteiger partial charge < -0.3 is 5.11 Å². The normalized spacial score (nSPS) is 12.8. The minimum Gasteiger partial charge on any atom is -0.492 e. The van der Waals surface area contributed by atoms with E-state index in [-0.39, 0.29) is 22.0 Å². The molecule has 1 aliphatic heterocycles. The van der Waals surface area contributed by atoms with Crippen molar-refractivity contribution in [1.82, 2.24) is 4.98 Å². The molecule has 1 amide bonds. The van der Waals surface area contributed by atoms with Crippen molar-refractivity contribution >= 4 is 28.5 Å². The van der Waals surface area contributed by atoms with Crippen molar-refractivity contribution < 1.29 is 14.8 Å². The van der Waals surface area contributed by atoms with Crippen LogP contribution in [0, 0.1) is 24.0 Å². The number of nitro benzene ring substituents is 1. The molecule has 1 aromatic heterocycles. The second-order valence-electron chi connectivity index (χ2n) is 6.25. The summed E-state index contributed by atoms with van der Waals surface area (Å²) in [5.41, 5.74) is 2.45. The number of amides is 1. The number of carbonyl (C=O) groups is 1. The van der Waals surface area contributed by atoms with Crippen LogP contribution in [-0.4, -0.2) is 20.9 Å². The summed E-state index contributed by atoms with van der Waals surface area (Å²) in [6.45, 7) is 3.63. The van der Waals surface area contributed by atoms with Crippen LogP contribution in [0.4, 0.5) is 5.69 Å². The van der Waals surface area contributed by atoms with Gasteiger partial charge in [0.2, 0.25) is 5.88 Å². The van der Waals surface area contributed by atoms with Gasteiger partial charge in [-0.1, -0.05) is 29.8 Å². The van der Waals surface area contributed by atoms with Crippen molar-refractivity contribution in [3.05, 3.63) is 73.1 Å². The van der Waals surface area contributed by atoms with E-state index >= 15 is 0 Å². The zero-order valence-corrected chi connectivity index (χ0v) is 15.2. The third-order valence-electron chi connectivity index (χ3n) is 4.33. The molecule has 8 heteroatoms. The standard InChI is InChI=1S/C19H13N3O4S/c1-9-3-5-11(6-4-9)19-21-18(24)16(27-19)14-13-8-12(22(25)26)7-10(2)15(13)20-17(14)23/h3-8,24H,1-2H3. The summed E-state index contributed by atoms with van der Waals surface area (Å²) in [6.07, 6.45) is 0. The Hall–Kier alpha value is -3.39. The molecule has 2 heterocycles. The van der Waals surface area contributed by atoms with Gasteiger partial charge in [0.05, 0.1) is 15.9 Å². The molecule has 0 fully saturated rings. The highest BCUT2D eigenvalue weighted by molar-refractivity contribution is 7.16. The number of benzene rings is 2. The number of carbonyl (C=O) groups excluding carboxylic acids is 1. The molecule has 2 aromatic carbocycles. The molecular formula is C19H13N3O4S. The molecule has 27 heavy (non-hydrogen) atoms. The molecule has 7 nitrogen and oxygen atoms in total. The number of thiazole rings is 1. The van der Waals surface area contributed by atoms with Gasteiger partial charge in [-0.3, -0.25) is 14.9 Å². The van der Waals surface area contributed by atoms with Crippen LogP contribution in [0.1, 0.15) is 16.0 Å². The Morgan fingerprint density at radius 2 is 1.85 bits per heavy atom. The maximum absolute atomic E-state index is 12.5. The van der Waals surface area contributed by atoms with Crippen LogP contribution in [0.3, 0.4) is 0 Å². The van der Waals surface area contributed by atoms with E-state index in [0.717, 1.165) is 22.5 Å². The first-order valence-electron chi connectivity index (χ1n) is 8.05. The number of nitrogens with zero attached hydrogens (tertiary/aromatic N) is 3. The van der Waals surface area contributed by atoms with Crippen molar-refractivity contribution in [2.45, 2.75) is 13.8 Å². The monoisotopic (exact) mass is 379 g/mol. The predicted octanol–water partition coefficient (Wildman–Crippen LogP) is 2.40. The summed E-state index contributed by atoms with van der Waals surface area (Å²) in [4.78, 5) is 31.6.